The highest BCUT2D eigenvalue weighted by Crippen LogP contribution is 2.35. The summed E-state index contributed by atoms with van der Waals surface area (Å²) < 4.78 is 10.3. The first kappa shape index (κ1) is 12.8. The molecule has 5 nitrogen and oxygen atoms in total. The van der Waals surface area contributed by atoms with E-state index in [0.29, 0.717) is 17.1 Å². The highest BCUT2D eigenvalue weighted by atomic mass is 16.5. The SMILES string of the molecule is COc1cccc(C(O)C(N)CO)c1OC. The van der Waals surface area contributed by atoms with Gasteiger partial charge in [0.25, 0.3) is 0 Å². The number of ether oxygens (including phenoxy) is 2. The van der Waals surface area contributed by atoms with Gasteiger partial charge in [0, 0.05) is 5.56 Å². The van der Waals surface area contributed by atoms with Crippen molar-refractivity contribution >= 4 is 0 Å². The van der Waals surface area contributed by atoms with Gasteiger partial charge in [-0.25, -0.2) is 0 Å². The van der Waals surface area contributed by atoms with Crippen molar-refractivity contribution in [3.8, 4) is 11.5 Å². The van der Waals surface area contributed by atoms with E-state index in [-0.39, 0.29) is 6.61 Å². The van der Waals surface area contributed by atoms with Crippen molar-refractivity contribution in [1.29, 1.82) is 0 Å². The van der Waals surface area contributed by atoms with Crippen LogP contribution in [0.3, 0.4) is 0 Å². The summed E-state index contributed by atoms with van der Waals surface area (Å²) in [5.41, 5.74) is 6.07. The lowest BCUT2D eigenvalue weighted by molar-refractivity contribution is 0.106. The van der Waals surface area contributed by atoms with Crippen LogP contribution >= 0.6 is 0 Å². The first-order chi connectivity index (χ1) is 7.65. The summed E-state index contributed by atoms with van der Waals surface area (Å²) in [7, 11) is 3.00. The van der Waals surface area contributed by atoms with Crippen LogP contribution in [0.1, 0.15) is 11.7 Å². The van der Waals surface area contributed by atoms with Gasteiger partial charge in [0.05, 0.1) is 26.9 Å². The zero-order chi connectivity index (χ0) is 12.1. The molecule has 5 heteroatoms. The topological polar surface area (TPSA) is 84.9 Å². The van der Waals surface area contributed by atoms with Gasteiger partial charge in [0.1, 0.15) is 6.10 Å². The Labute approximate surface area is 94.4 Å². The number of aliphatic hydroxyl groups is 2. The molecule has 0 aromatic heterocycles. The summed E-state index contributed by atoms with van der Waals surface area (Å²) in [5, 5.41) is 18.8. The molecule has 0 saturated heterocycles. The van der Waals surface area contributed by atoms with Gasteiger partial charge in [-0.1, -0.05) is 12.1 Å². The van der Waals surface area contributed by atoms with Crippen molar-refractivity contribution < 1.29 is 19.7 Å². The van der Waals surface area contributed by atoms with Crippen LogP contribution in [0, 0.1) is 0 Å². The normalized spacial score (nSPS) is 14.3. The number of hydrogen-bond donors (Lipinski definition) is 3. The fourth-order valence-corrected chi connectivity index (χ4v) is 1.48. The molecule has 0 aliphatic heterocycles. The molecule has 2 unspecified atom stereocenters. The Balaban J connectivity index is 3.12. The Hall–Kier alpha value is -1.30. The molecule has 1 aromatic rings. The summed E-state index contributed by atoms with van der Waals surface area (Å²) in [6, 6.07) is 4.38. The number of hydrogen-bond acceptors (Lipinski definition) is 5. The summed E-state index contributed by atoms with van der Waals surface area (Å²) in [6.45, 7) is -0.304. The Bertz CT molecular complexity index is 343. The number of para-hydroxylation sites is 1. The molecule has 0 fully saturated rings. The molecule has 4 N–H and O–H groups in total. The van der Waals surface area contributed by atoms with Crippen molar-refractivity contribution in [1.82, 2.24) is 0 Å². The third kappa shape index (κ3) is 2.44. The first-order valence-corrected chi connectivity index (χ1v) is 4.91. The number of rotatable bonds is 5. The summed E-state index contributed by atoms with van der Waals surface area (Å²) in [6.07, 6.45) is -0.991. The van der Waals surface area contributed by atoms with E-state index in [1.54, 1.807) is 18.2 Å². The van der Waals surface area contributed by atoms with Crippen LogP contribution in [0.2, 0.25) is 0 Å². The van der Waals surface area contributed by atoms with Gasteiger partial charge >= 0.3 is 0 Å². The van der Waals surface area contributed by atoms with Crippen LogP contribution in [0.5, 0.6) is 11.5 Å². The van der Waals surface area contributed by atoms with Crippen LogP contribution in [0.25, 0.3) is 0 Å². The molecule has 0 radical (unpaired) electrons. The van der Waals surface area contributed by atoms with Gasteiger partial charge in [0.15, 0.2) is 11.5 Å². The van der Waals surface area contributed by atoms with Gasteiger partial charge in [-0.05, 0) is 6.07 Å². The molecule has 16 heavy (non-hydrogen) atoms. The van der Waals surface area contributed by atoms with E-state index in [4.69, 9.17) is 20.3 Å². The lowest BCUT2D eigenvalue weighted by Crippen LogP contribution is -2.32. The zero-order valence-corrected chi connectivity index (χ0v) is 9.38. The Morgan fingerprint density at radius 1 is 1.31 bits per heavy atom. The standard InChI is InChI=1S/C11H17NO4/c1-15-9-5-3-4-7(11(9)16-2)10(14)8(12)6-13/h3-5,8,10,13-14H,6,12H2,1-2H3. The Morgan fingerprint density at radius 3 is 2.50 bits per heavy atom. The van der Waals surface area contributed by atoms with Gasteiger partial charge in [0.2, 0.25) is 0 Å². The zero-order valence-electron chi connectivity index (χ0n) is 9.38. The predicted molar refractivity (Wildman–Crippen MR) is 59.6 cm³/mol. The molecule has 0 amide bonds. The van der Waals surface area contributed by atoms with Crippen LogP contribution in [0.15, 0.2) is 18.2 Å². The smallest absolute Gasteiger partial charge is 0.166 e. The van der Waals surface area contributed by atoms with Crippen molar-refractivity contribution in [2.24, 2.45) is 5.73 Å². The number of benzene rings is 1. The van der Waals surface area contributed by atoms with E-state index >= 15 is 0 Å². The van der Waals surface area contributed by atoms with Crippen LogP contribution in [-0.4, -0.2) is 37.1 Å². The number of aliphatic hydroxyl groups excluding tert-OH is 2. The first-order valence-electron chi connectivity index (χ1n) is 4.91. The monoisotopic (exact) mass is 227 g/mol. The highest BCUT2D eigenvalue weighted by molar-refractivity contribution is 5.47. The molecule has 0 saturated carbocycles. The summed E-state index contributed by atoms with van der Waals surface area (Å²) >= 11 is 0. The van der Waals surface area contributed by atoms with Crippen molar-refractivity contribution in [3.05, 3.63) is 23.8 Å². The quantitative estimate of drug-likeness (QED) is 0.662. The van der Waals surface area contributed by atoms with Crippen LogP contribution in [0.4, 0.5) is 0 Å². The molecule has 1 rings (SSSR count). The van der Waals surface area contributed by atoms with E-state index in [0.717, 1.165) is 0 Å². The van der Waals surface area contributed by atoms with Crippen molar-refractivity contribution in [2.45, 2.75) is 12.1 Å². The summed E-state index contributed by atoms with van der Waals surface area (Å²) in [4.78, 5) is 0. The fourth-order valence-electron chi connectivity index (χ4n) is 1.48. The second kappa shape index (κ2) is 5.69. The van der Waals surface area contributed by atoms with E-state index in [9.17, 15) is 5.11 Å². The van der Waals surface area contributed by atoms with Crippen LogP contribution in [-0.2, 0) is 0 Å². The van der Waals surface area contributed by atoms with Gasteiger partial charge in [-0.3, -0.25) is 0 Å². The van der Waals surface area contributed by atoms with E-state index < -0.39 is 12.1 Å². The second-order valence-electron chi connectivity index (χ2n) is 3.37. The minimum Gasteiger partial charge on any atom is -0.493 e. The molecule has 0 aliphatic carbocycles. The maximum Gasteiger partial charge on any atom is 0.166 e. The minimum absolute atomic E-state index is 0.304. The van der Waals surface area contributed by atoms with Gasteiger partial charge in [-0.2, -0.15) is 0 Å². The Kier molecular flexibility index (Phi) is 4.54. The molecular formula is C11H17NO4. The lowest BCUT2D eigenvalue weighted by Gasteiger charge is -2.20. The average molecular weight is 227 g/mol. The molecule has 0 spiro atoms. The molecule has 0 aliphatic rings. The molecule has 0 bridgehead atoms. The molecule has 0 heterocycles. The fraction of sp³-hybridized carbons (Fsp3) is 0.455. The maximum atomic E-state index is 9.90. The number of methoxy groups -OCH3 is 2. The lowest BCUT2D eigenvalue weighted by atomic mass is 10.0. The van der Waals surface area contributed by atoms with Crippen molar-refractivity contribution in [2.75, 3.05) is 20.8 Å². The summed E-state index contributed by atoms with van der Waals surface area (Å²) in [5.74, 6) is 0.950. The minimum atomic E-state index is -0.991. The molecule has 1 aromatic carbocycles. The molecule has 90 valence electrons. The molecule has 2 atom stereocenters. The highest BCUT2D eigenvalue weighted by Gasteiger charge is 2.21. The van der Waals surface area contributed by atoms with E-state index in [1.807, 2.05) is 0 Å². The van der Waals surface area contributed by atoms with E-state index in [2.05, 4.69) is 0 Å². The average Bonchev–Trinajstić information content (AvgIpc) is 2.35. The number of nitrogens with two attached hydrogens (primary N) is 1. The second-order valence-corrected chi connectivity index (χ2v) is 3.37. The van der Waals surface area contributed by atoms with E-state index in [1.165, 1.54) is 14.2 Å². The third-order valence-corrected chi connectivity index (χ3v) is 2.37. The molecular weight excluding hydrogens is 210 g/mol. The van der Waals surface area contributed by atoms with Crippen molar-refractivity contribution in [3.63, 3.8) is 0 Å². The third-order valence-electron chi connectivity index (χ3n) is 2.37. The Morgan fingerprint density at radius 2 is 2.00 bits per heavy atom. The van der Waals surface area contributed by atoms with Gasteiger partial charge < -0.3 is 25.4 Å². The van der Waals surface area contributed by atoms with Gasteiger partial charge in [-0.15, -0.1) is 0 Å². The largest absolute Gasteiger partial charge is 0.493 e. The predicted octanol–water partition coefficient (Wildman–Crippen LogP) is 0.0568. The maximum absolute atomic E-state index is 9.90. The van der Waals surface area contributed by atoms with Crippen LogP contribution < -0.4 is 15.2 Å².